The molecule has 2 rings (SSSR count). The van der Waals surface area contributed by atoms with Gasteiger partial charge in [0.1, 0.15) is 5.75 Å². The van der Waals surface area contributed by atoms with E-state index in [0.717, 1.165) is 31.9 Å². The summed E-state index contributed by atoms with van der Waals surface area (Å²) < 4.78 is 5.88. The number of likely N-dealkylation sites (tertiary alicyclic amines) is 1. The molecule has 1 aromatic carbocycles. The van der Waals surface area contributed by atoms with Crippen LogP contribution in [0.25, 0.3) is 0 Å². The summed E-state index contributed by atoms with van der Waals surface area (Å²) >= 11 is 0. The van der Waals surface area contributed by atoms with Crippen molar-refractivity contribution in [3.05, 3.63) is 29.3 Å². The van der Waals surface area contributed by atoms with Crippen LogP contribution in [0.5, 0.6) is 5.75 Å². The van der Waals surface area contributed by atoms with Gasteiger partial charge < -0.3 is 14.5 Å². The van der Waals surface area contributed by atoms with Crippen LogP contribution in [-0.2, 0) is 4.79 Å². The van der Waals surface area contributed by atoms with Gasteiger partial charge in [0.25, 0.3) is 5.91 Å². The average molecular weight is 332 g/mol. The second kappa shape index (κ2) is 8.52. The third-order valence-electron chi connectivity index (χ3n) is 4.85. The molecule has 24 heavy (non-hydrogen) atoms. The van der Waals surface area contributed by atoms with E-state index in [1.165, 1.54) is 24.0 Å². The molecule has 4 nitrogen and oxygen atoms in total. The number of carbonyl (C=O) groups excluding carboxylic acids is 1. The Bertz CT molecular complexity index is 551. The van der Waals surface area contributed by atoms with Crippen LogP contribution in [-0.4, -0.2) is 55.0 Å². The van der Waals surface area contributed by atoms with E-state index >= 15 is 0 Å². The van der Waals surface area contributed by atoms with E-state index in [0.29, 0.717) is 5.92 Å². The maximum atomic E-state index is 12.5. The van der Waals surface area contributed by atoms with Crippen LogP contribution in [0, 0.1) is 6.92 Å². The number of amides is 1. The number of nitrogens with zero attached hydrogens (tertiary/aromatic N) is 2. The molecule has 0 aliphatic carbocycles. The van der Waals surface area contributed by atoms with Gasteiger partial charge in [-0.3, -0.25) is 4.79 Å². The van der Waals surface area contributed by atoms with E-state index in [1.54, 1.807) is 4.90 Å². The largest absolute Gasteiger partial charge is 0.481 e. The highest BCUT2D eigenvalue weighted by atomic mass is 16.5. The summed E-state index contributed by atoms with van der Waals surface area (Å²) in [6, 6.07) is 6.10. The fourth-order valence-electron chi connectivity index (χ4n) is 3.34. The van der Waals surface area contributed by atoms with Gasteiger partial charge >= 0.3 is 0 Å². The Morgan fingerprint density at radius 1 is 1.25 bits per heavy atom. The second-order valence-electron chi connectivity index (χ2n) is 7.24. The van der Waals surface area contributed by atoms with E-state index in [2.05, 4.69) is 31.7 Å². The SMILES string of the molecule is Cc1cc(OC(C)C(=O)N(C)CCN2CCCC2)ccc1C(C)C. The predicted octanol–water partition coefficient (Wildman–Crippen LogP) is 3.44. The molecule has 1 aliphatic rings. The van der Waals surface area contributed by atoms with Gasteiger partial charge in [0.15, 0.2) is 6.10 Å². The third kappa shape index (κ3) is 4.97. The van der Waals surface area contributed by atoms with Crippen molar-refractivity contribution in [2.75, 3.05) is 33.2 Å². The smallest absolute Gasteiger partial charge is 0.263 e. The number of aryl methyl sites for hydroxylation is 1. The van der Waals surface area contributed by atoms with Gasteiger partial charge in [-0.05, 0) is 69.0 Å². The Labute approximate surface area is 146 Å². The summed E-state index contributed by atoms with van der Waals surface area (Å²) in [4.78, 5) is 16.7. The lowest BCUT2D eigenvalue weighted by Crippen LogP contribution is -2.41. The molecule has 1 fully saturated rings. The molecule has 1 aliphatic heterocycles. The van der Waals surface area contributed by atoms with Gasteiger partial charge in [0.2, 0.25) is 0 Å². The Kier molecular flexibility index (Phi) is 6.67. The van der Waals surface area contributed by atoms with Crippen molar-refractivity contribution in [3.8, 4) is 5.75 Å². The van der Waals surface area contributed by atoms with Crippen LogP contribution in [0.4, 0.5) is 0 Å². The number of hydrogen-bond donors (Lipinski definition) is 0. The summed E-state index contributed by atoms with van der Waals surface area (Å²) in [7, 11) is 1.87. The fraction of sp³-hybridized carbons (Fsp3) is 0.650. The van der Waals surface area contributed by atoms with E-state index in [1.807, 2.05) is 26.1 Å². The predicted molar refractivity (Wildman–Crippen MR) is 98.7 cm³/mol. The van der Waals surface area contributed by atoms with E-state index in [-0.39, 0.29) is 5.91 Å². The molecule has 1 heterocycles. The molecule has 0 radical (unpaired) electrons. The van der Waals surface area contributed by atoms with Gasteiger partial charge in [-0.1, -0.05) is 19.9 Å². The first-order valence-corrected chi connectivity index (χ1v) is 9.13. The Hall–Kier alpha value is -1.55. The first-order chi connectivity index (χ1) is 11.4. The second-order valence-corrected chi connectivity index (χ2v) is 7.24. The maximum absolute atomic E-state index is 12.5. The minimum atomic E-state index is -0.460. The molecule has 0 aromatic heterocycles. The number of carbonyl (C=O) groups is 1. The van der Waals surface area contributed by atoms with Gasteiger partial charge in [-0.25, -0.2) is 0 Å². The quantitative estimate of drug-likeness (QED) is 0.767. The Balaban J connectivity index is 1.87. The van der Waals surface area contributed by atoms with Crippen molar-refractivity contribution in [2.24, 2.45) is 0 Å². The molecule has 1 atom stereocenters. The zero-order valence-electron chi connectivity index (χ0n) is 15.8. The number of likely N-dealkylation sites (N-methyl/N-ethyl adjacent to an activating group) is 1. The fourth-order valence-corrected chi connectivity index (χ4v) is 3.34. The molecule has 1 saturated heterocycles. The summed E-state index contributed by atoms with van der Waals surface area (Å²) in [5.41, 5.74) is 2.54. The van der Waals surface area contributed by atoms with Crippen molar-refractivity contribution in [2.45, 2.75) is 52.6 Å². The minimum absolute atomic E-state index is 0.0415. The molecule has 134 valence electrons. The lowest BCUT2D eigenvalue weighted by Gasteiger charge is -2.25. The van der Waals surface area contributed by atoms with Crippen LogP contribution >= 0.6 is 0 Å². The highest BCUT2D eigenvalue weighted by Gasteiger charge is 2.20. The molecule has 4 heteroatoms. The zero-order chi connectivity index (χ0) is 17.7. The van der Waals surface area contributed by atoms with Crippen LogP contribution in [0.15, 0.2) is 18.2 Å². The van der Waals surface area contributed by atoms with E-state index in [4.69, 9.17) is 4.74 Å². The van der Waals surface area contributed by atoms with Crippen molar-refractivity contribution in [1.82, 2.24) is 9.80 Å². The zero-order valence-corrected chi connectivity index (χ0v) is 15.8. The molecule has 1 amide bonds. The molecular formula is C20H32N2O2. The summed E-state index contributed by atoms with van der Waals surface area (Å²) in [5.74, 6) is 1.31. The molecule has 0 bridgehead atoms. The standard InChI is InChI=1S/C20H32N2O2/c1-15(2)19-9-8-18(14-16(19)3)24-17(4)20(23)21(5)12-13-22-10-6-7-11-22/h8-9,14-15,17H,6-7,10-13H2,1-5H3. The van der Waals surface area contributed by atoms with E-state index in [9.17, 15) is 4.79 Å². The van der Waals surface area contributed by atoms with Crippen molar-refractivity contribution in [3.63, 3.8) is 0 Å². The third-order valence-corrected chi connectivity index (χ3v) is 4.85. The summed E-state index contributed by atoms with van der Waals surface area (Å²) in [6.07, 6.45) is 2.10. The molecule has 0 saturated carbocycles. The molecule has 0 N–H and O–H groups in total. The summed E-state index contributed by atoms with van der Waals surface area (Å²) in [5, 5.41) is 0. The number of rotatable bonds is 7. The highest BCUT2D eigenvalue weighted by molar-refractivity contribution is 5.80. The lowest BCUT2D eigenvalue weighted by atomic mass is 9.98. The van der Waals surface area contributed by atoms with Gasteiger partial charge in [0, 0.05) is 20.1 Å². The first kappa shape index (κ1) is 18.8. The normalized spacial score (nSPS) is 16.4. The Morgan fingerprint density at radius 2 is 1.92 bits per heavy atom. The van der Waals surface area contributed by atoms with E-state index < -0.39 is 6.10 Å². The maximum Gasteiger partial charge on any atom is 0.263 e. The van der Waals surface area contributed by atoms with Crippen molar-refractivity contribution < 1.29 is 9.53 Å². The Morgan fingerprint density at radius 3 is 2.50 bits per heavy atom. The van der Waals surface area contributed by atoms with Crippen molar-refractivity contribution >= 4 is 5.91 Å². The monoisotopic (exact) mass is 332 g/mol. The van der Waals surface area contributed by atoms with Gasteiger partial charge in [0.05, 0.1) is 0 Å². The highest BCUT2D eigenvalue weighted by Crippen LogP contribution is 2.24. The van der Waals surface area contributed by atoms with Gasteiger partial charge in [-0.2, -0.15) is 0 Å². The molecule has 1 aromatic rings. The van der Waals surface area contributed by atoms with Gasteiger partial charge in [-0.15, -0.1) is 0 Å². The van der Waals surface area contributed by atoms with Crippen LogP contribution in [0.3, 0.4) is 0 Å². The minimum Gasteiger partial charge on any atom is -0.481 e. The summed E-state index contributed by atoms with van der Waals surface area (Å²) in [6.45, 7) is 12.3. The molecule has 0 spiro atoms. The topological polar surface area (TPSA) is 32.8 Å². The molecule has 1 unspecified atom stereocenters. The molecular weight excluding hydrogens is 300 g/mol. The number of benzene rings is 1. The van der Waals surface area contributed by atoms with Crippen molar-refractivity contribution in [1.29, 1.82) is 0 Å². The number of ether oxygens (including phenoxy) is 1. The number of hydrogen-bond acceptors (Lipinski definition) is 3. The van der Waals surface area contributed by atoms with Crippen LogP contribution in [0.2, 0.25) is 0 Å². The first-order valence-electron chi connectivity index (χ1n) is 9.13. The lowest BCUT2D eigenvalue weighted by molar-refractivity contribution is -0.136. The van der Waals surface area contributed by atoms with Crippen LogP contribution in [0.1, 0.15) is 50.7 Å². The average Bonchev–Trinajstić information content (AvgIpc) is 3.04. The van der Waals surface area contributed by atoms with Crippen LogP contribution < -0.4 is 4.74 Å².